The maximum absolute atomic E-state index is 12.8. The molecule has 1 saturated heterocycles. The van der Waals surface area contributed by atoms with Gasteiger partial charge in [0.25, 0.3) is 5.91 Å². The van der Waals surface area contributed by atoms with Gasteiger partial charge in [0.2, 0.25) is 5.88 Å². The third-order valence-electron chi connectivity index (χ3n) is 4.20. The standard InChI is InChI=1S/C19H22N2O4/c1-13-4-5-18(20-11-13)25-15-6-7-21(12-15)19(22)14-8-16(23-2)10-17(9-14)24-3/h4-5,8-11,15H,6-7,12H2,1-3H3. The molecule has 1 fully saturated rings. The summed E-state index contributed by atoms with van der Waals surface area (Å²) >= 11 is 0. The highest BCUT2D eigenvalue weighted by Crippen LogP contribution is 2.25. The van der Waals surface area contributed by atoms with E-state index in [2.05, 4.69) is 4.98 Å². The first-order valence-corrected chi connectivity index (χ1v) is 8.20. The van der Waals surface area contributed by atoms with Crippen molar-refractivity contribution in [1.82, 2.24) is 9.88 Å². The molecule has 0 bridgehead atoms. The molecule has 1 unspecified atom stereocenters. The average molecular weight is 342 g/mol. The highest BCUT2D eigenvalue weighted by atomic mass is 16.5. The first-order valence-electron chi connectivity index (χ1n) is 8.20. The van der Waals surface area contributed by atoms with E-state index < -0.39 is 0 Å². The molecule has 1 aliphatic heterocycles. The van der Waals surface area contributed by atoms with Crippen LogP contribution >= 0.6 is 0 Å². The number of hydrogen-bond acceptors (Lipinski definition) is 5. The number of rotatable bonds is 5. The molecular formula is C19H22N2O4. The summed E-state index contributed by atoms with van der Waals surface area (Å²) in [5.41, 5.74) is 1.63. The Labute approximate surface area is 147 Å². The Balaban J connectivity index is 1.67. The number of carbonyl (C=O) groups is 1. The van der Waals surface area contributed by atoms with Gasteiger partial charge in [-0.2, -0.15) is 0 Å². The van der Waals surface area contributed by atoms with Crippen LogP contribution in [0, 0.1) is 6.92 Å². The van der Waals surface area contributed by atoms with Crippen LogP contribution in [-0.2, 0) is 0 Å². The van der Waals surface area contributed by atoms with Gasteiger partial charge in [0.15, 0.2) is 0 Å². The van der Waals surface area contributed by atoms with Crippen LogP contribution in [0.3, 0.4) is 0 Å². The Morgan fingerprint density at radius 1 is 1.16 bits per heavy atom. The van der Waals surface area contributed by atoms with Gasteiger partial charge in [0, 0.05) is 36.9 Å². The Morgan fingerprint density at radius 2 is 1.88 bits per heavy atom. The zero-order valence-corrected chi connectivity index (χ0v) is 14.7. The van der Waals surface area contributed by atoms with Gasteiger partial charge in [-0.1, -0.05) is 6.07 Å². The van der Waals surface area contributed by atoms with E-state index in [-0.39, 0.29) is 12.0 Å². The van der Waals surface area contributed by atoms with Crippen molar-refractivity contribution < 1.29 is 19.0 Å². The molecule has 2 heterocycles. The Bertz CT molecular complexity index is 723. The number of aryl methyl sites for hydroxylation is 1. The van der Waals surface area contributed by atoms with Crippen LogP contribution in [0.15, 0.2) is 36.5 Å². The number of pyridine rings is 1. The smallest absolute Gasteiger partial charge is 0.254 e. The fourth-order valence-electron chi connectivity index (χ4n) is 2.82. The molecule has 1 aromatic heterocycles. The SMILES string of the molecule is COc1cc(OC)cc(C(=O)N2CCC(Oc3ccc(C)cn3)C2)c1. The second kappa shape index (κ2) is 7.42. The molecule has 25 heavy (non-hydrogen) atoms. The molecule has 1 aromatic carbocycles. The van der Waals surface area contributed by atoms with E-state index in [1.807, 2.05) is 19.1 Å². The summed E-state index contributed by atoms with van der Waals surface area (Å²) in [6, 6.07) is 9.01. The number of likely N-dealkylation sites (tertiary alicyclic amines) is 1. The van der Waals surface area contributed by atoms with Crippen LogP contribution in [0.2, 0.25) is 0 Å². The minimum atomic E-state index is -0.0554. The highest BCUT2D eigenvalue weighted by Gasteiger charge is 2.29. The lowest BCUT2D eigenvalue weighted by Crippen LogP contribution is -2.31. The number of aromatic nitrogens is 1. The lowest BCUT2D eigenvalue weighted by atomic mass is 10.1. The Kier molecular flexibility index (Phi) is 5.07. The molecule has 1 amide bonds. The molecule has 3 rings (SSSR count). The molecule has 0 N–H and O–H groups in total. The summed E-state index contributed by atoms with van der Waals surface area (Å²) in [5, 5.41) is 0. The number of carbonyl (C=O) groups excluding carboxylic acids is 1. The summed E-state index contributed by atoms with van der Waals surface area (Å²) in [4.78, 5) is 18.8. The Morgan fingerprint density at radius 3 is 2.48 bits per heavy atom. The van der Waals surface area contributed by atoms with Crippen molar-refractivity contribution in [3.05, 3.63) is 47.7 Å². The van der Waals surface area contributed by atoms with Crippen LogP contribution < -0.4 is 14.2 Å². The predicted molar refractivity (Wildman–Crippen MR) is 93.5 cm³/mol. The van der Waals surface area contributed by atoms with Crippen molar-refractivity contribution in [3.63, 3.8) is 0 Å². The van der Waals surface area contributed by atoms with Gasteiger partial charge in [-0.3, -0.25) is 4.79 Å². The molecule has 1 aliphatic rings. The molecule has 2 aromatic rings. The fourth-order valence-corrected chi connectivity index (χ4v) is 2.82. The van der Waals surface area contributed by atoms with E-state index in [1.54, 1.807) is 43.5 Å². The molecule has 6 heteroatoms. The van der Waals surface area contributed by atoms with Crippen molar-refractivity contribution in [2.45, 2.75) is 19.4 Å². The lowest BCUT2D eigenvalue weighted by Gasteiger charge is -2.18. The molecule has 0 aliphatic carbocycles. The Hall–Kier alpha value is -2.76. The lowest BCUT2D eigenvalue weighted by molar-refractivity contribution is 0.0770. The van der Waals surface area contributed by atoms with Gasteiger partial charge >= 0.3 is 0 Å². The predicted octanol–water partition coefficient (Wildman–Crippen LogP) is 2.70. The van der Waals surface area contributed by atoms with E-state index in [9.17, 15) is 4.79 Å². The van der Waals surface area contributed by atoms with Crippen molar-refractivity contribution in [3.8, 4) is 17.4 Å². The normalized spacial score (nSPS) is 16.6. The quantitative estimate of drug-likeness (QED) is 0.836. The van der Waals surface area contributed by atoms with E-state index in [1.165, 1.54) is 0 Å². The van der Waals surface area contributed by atoms with Gasteiger partial charge in [-0.15, -0.1) is 0 Å². The van der Waals surface area contributed by atoms with Crippen LogP contribution in [-0.4, -0.2) is 49.2 Å². The molecule has 0 spiro atoms. The van der Waals surface area contributed by atoms with E-state index in [0.29, 0.717) is 36.0 Å². The van der Waals surface area contributed by atoms with Gasteiger partial charge in [-0.25, -0.2) is 4.98 Å². The van der Waals surface area contributed by atoms with Gasteiger partial charge in [-0.05, 0) is 24.6 Å². The molecule has 132 valence electrons. The molecule has 0 radical (unpaired) electrons. The zero-order valence-electron chi connectivity index (χ0n) is 14.7. The van der Waals surface area contributed by atoms with Crippen LogP contribution in [0.4, 0.5) is 0 Å². The molecule has 6 nitrogen and oxygen atoms in total. The first kappa shape index (κ1) is 17.1. The third-order valence-corrected chi connectivity index (χ3v) is 4.20. The van der Waals surface area contributed by atoms with Crippen molar-refractivity contribution >= 4 is 5.91 Å². The van der Waals surface area contributed by atoms with Gasteiger partial charge in [0.05, 0.1) is 20.8 Å². The van der Waals surface area contributed by atoms with Gasteiger partial charge in [0.1, 0.15) is 17.6 Å². The number of benzene rings is 1. The summed E-state index contributed by atoms with van der Waals surface area (Å²) in [5.74, 6) is 1.73. The van der Waals surface area contributed by atoms with Crippen molar-refractivity contribution in [2.75, 3.05) is 27.3 Å². The van der Waals surface area contributed by atoms with Crippen molar-refractivity contribution in [2.24, 2.45) is 0 Å². The zero-order chi connectivity index (χ0) is 17.8. The summed E-state index contributed by atoms with van der Waals surface area (Å²) in [7, 11) is 3.13. The number of ether oxygens (including phenoxy) is 3. The minimum Gasteiger partial charge on any atom is -0.497 e. The number of hydrogen-bond donors (Lipinski definition) is 0. The minimum absolute atomic E-state index is 0.0494. The fraction of sp³-hybridized carbons (Fsp3) is 0.368. The number of amides is 1. The summed E-state index contributed by atoms with van der Waals surface area (Å²) in [6.07, 6.45) is 2.50. The maximum atomic E-state index is 12.8. The molecular weight excluding hydrogens is 320 g/mol. The second-order valence-corrected chi connectivity index (χ2v) is 6.05. The molecule has 1 atom stereocenters. The first-order chi connectivity index (χ1) is 12.1. The highest BCUT2D eigenvalue weighted by molar-refractivity contribution is 5.95. The second-order valence-electron chi connectivity index (χ2n) is 6.05. The van der Waals surface area contributed by atoms with Crippen LogP contribution in [0.25, 0.3) is 0 Å². The van der Waals surface area contributed by atoms with Gasteiger partial charge < -0.3 is 19.1 Å². The largest absolute Gasteiger partial charge is 0.497 e. The third kappa shape index (κ3) is 4.02. The molecule has 0 saturated carbocycles. The number of nitrogens with zero attached hydrogens (tertiary/aromatic N) is 2. The summed E-state index contributed by atoms with van der Waals surface area (Å²) in [6.45, 7) is 3.16. The van der Waals surface area contributed by atoms with E-state index >= 15 is 0 Å². The topological polar surface area (TPSA) is 60.9 Å². The van der Waals surface area contributed by atoms with Crippen LogP contribution in [0.5, 0.6) is 17.4 Å². The monoisotopic (exact) mass is 342 g/mol. The average Bonchev–Trinajstić information content (AvgIpc) is 3.11. The maximum Gasteiger partial charge on any atom is 0.254 e. The van der Waals surface area contributed by atoms with Crippen LogP contribution in [0.1, 0.15) is 22.3 Å². The van der Waals surface area contributed by atoms with Crippen molar-refractivity contribution in [1.29, 1.82) is 0 Å². The summed E-state index contributed by atoms with van der Waals surface area (Å²) < 4.78 is 16.4. The van der Waals surface area contributed by atoms with E-state index in [4.69, 9.17) is 14.2 Å². The number of methoxy groups -OCH3 is 2. The van der Waals surface area contributed by atoms with E-state index in [0.717, 1.165) is 12.0 Å².